The molecule has 0 radical (unpaired) electrons. The van der Waals surface area contributed by atoms with E-state index in [4.69, 9.17) is 0 Å². The van der Waals surface area contributed by atoms with E-state index in [-0.39, 0.29) is 11.3 Å². The summed E-state index contributed by atoms with van der Waals surface area (Å²) < 4.78 is 0. The summed E-state index contributed by atoms with van der Waals surface area (Å²) in [5.74, 6) is 0.167. The van der Waals surface area contributed by atoms with Crippen LogP contribution in [0.1, 0.15) is 35.2 Å². The third-order valence-electron chi connectivity index (χ3n) is 6.59. The molecular weight excluding hydrogens is 358 g/mol. The molecule has 5 rings (SSSR count). The van der Waals surface area contributed by atoms with Gasteiger partial charge in [0.2, 0.25) is 0 Å². The van der Waals surface area contributed by atoms with E-state index in [2.05, 4.69) is 58.5 Å². The summed E-state index contributed by atoms with van der Waals surface area (Å²) in [7, 11) is 0. The van der Waals surface area contributed by atoms with Crippen molar-refractivity contribution in [1.82, 2.24) is 15.2 Å². The largest absolute Gasteiger partial charge is 0.338 e. The van der Waals surface area contributed by atoms with Gasteiger partial charge in [-0.3, -0.25) is 9.78 Å². The fraction of sp³-hybridized carbons (Fsp3) is 0.360. The number of nitrogens with one attached hydrogen (secondary N) is 1. The summed E-state index contributed by atoms with van der Waals surface area (Å²) in [5.41, 5.74) is 4.50. The number of carbonyl (C=O) groups is 1. The third-order valence-corrected chi connectivity index (χ3v) is 6.59. The van der Waals surface area contributed by atoms with E-state index in [1.807, 2.05) is 18.5 Å². The first-order valence-corrected chi connectivity index (χ1v) is 10.6. The number of hydrogen-bond acceptors (Lipinski definition) is 3. The SMILES string of the molecule is Cc1cncc(-c2cccc3cc(C(=O)N4CCCC5(CCNC5)C4)ccc23)c1. The molecule has 1 unspecified atom stereocenters. The number of amides is 1. The van der Waals surface area contributed by atoms with Crippen molar-refractivity contribution < 1.29 is 4.79 Å². The van der Waals surface area contributed by atoms with Crippen molar-refractivity contribution in [3.05, 3.63) is 66.0 Å². The van der Waals surface area contributed by atoms with Gasteiger partial charge in [-0.1, -0.05) is 24.3 Å². The molecule has 0 aliphatic carbocycles. The summed E-state index contributed by atoms with van der Waals surface area (Å²) in [5, 5.41) is 5.75. The van der Waals surface area contributed by atoms with Crippen LogP contribution in [0, 0.1) is 12.3 Å². The van der Waals surface area contributed by atoms with Gasteiger partial charge in [-0.05, 0) is 72.8 Å². The number of hydrogen-bond donors (Lipinski definition) is 1. The maximum Gasteiger partial charge on any atom is 0.253 e. The molecule has 2 fully saturated rings. The standard InChI is InChI=1S/C25H27N3O/c1-18-12-21(15-27-14-18)22-5-2-4-19-13-20(6-7-23(19)22)24(29)28-11-3-8-25(17-28)9-10-26-16-25/h2,4-7,12-15,26H,3,8-11,16-17H2,1H3. The lowest BCUT2D eigenvalue weighted by atomic mass is 9.79. The average molecular weight is 386 g/mol. The number of nitrogens with zero attached hydrogens (tertiary/aromatic N) is 2. The van der Waals surface area contributed by atoms with Crippen LogP contribution in [0.2, 0.25) is 0 Å². The zero-order valence-electron chi connectivity index (χ0n) is 16.9. The Morgan fingerprint density at radius 1 is 1.14 bits per heavy atom. The normalized spacial score (nSPS) is 21.8. The van der Waals surface area contributed by atoms with Gasteiger partial charge in [-0.25, -0.2) is 0 Å². The molecule has 0 saturated carbocycles. The van der Waals surface area contributed by atoms with Crippen molar-refractivity contribution >= 4 is 16.7 Å². The molecule has 29 heavy (non-hydrogen) atoms. The van der Waals surface area contributed by atoms with E-state index in [1.54, 1.807) is 0 Å². The maximum absolute atomic E-state index is 13.3. The molecule has 0 bridgehead atoms. The number of piperidine rings is 1. The highest BCUT2D eigenvalue weighted by atomic mass is 16.2. The van der Waals surface area contributed by atoms with Gasteiger partial charge in [-0.15, -0.1) is 0 Å². The molecule has 2 aliphatic heterocycles. The number of aromatic nitrogens is 1. The Morgan fingerprint density at radius 3 is 2.90 bits per heavy atom. The van der Waals surface area contributed by atoms with Gasteiger partial charge in [0.15, 0.2) is 0 Å². The summed E-state index contributed by atoms with van der Waals surface area (Å²) in [6, 6.07) is 14.6. The lowest BCUT2D eigenvalue weighted by Gasteiger charge is -2.40. The number of fused-ring (bicyclic) bond motifs is 1. The minimum Gasteiger partial charge on any atom is -0.338 e. The molecule has 3 heterocycles. The van der Waals surface area contributed by atoms with Crippen LogP contribution in [-0.4, -0.2) is 42.0 Å². The summed E-state index contributed by atoms with van der Waals surface area (Å²) in [4.78, 5) is 19.7. The van der Waals surface area contributed by atoms with E-state index >= 15 is 0 Å². The lowest BCUT2D eigenvalue weighted by Crippen LogP contribution is -2.47. The van der Waals surface area contributed by atoms with Gasteiger partial charge in [0.05, 0.1) is 0 Å². The minimum absolute atomic E-state index is 0.167. The van der Waals surface area contributed by atoms with Gasteiger partial charge in [0.25, 0.3) is 5.91 Å². The molecule has 2 aromatic carbocycles. The first kappa shape index (κ1) is 18.3. The summed E-state index contributed by atoms with van der Waals surface area (Å²) >= 11 is 0. The highest BCUT2D eigenvalue weighted by Crippen LogP contribution is 2.36. The van der Waals surface area contributed by atoms with E-state index < -0.39 is 0 Å². The van der Waals surface area contributed by atoms with Gasteiger partial charge in [0, 0.05) is 48.6 Å². The first-order valence-electron chi connectivity index (χ1n) is 10.6. The number of carbonyl (C=O) groups excluding carboxylic acids is 1. The van der Waals surface area contributed by atoms with Crippen LogP contribution >= 0.6 is 0 Å². The van der Waals surface area contributed by atoms with Gasteiger partial charge >= 0.3 is 0 Å². The highest BCUT2D eigenvalue weighted by Gasteiger charge is 2.39. The fourth-order valence-electron chi connectivity index (χ4n) is 5.08. The number of benzene rings is 2. The monoisotopic (exact) mass is 385 g/mol. The quantitative estimate of drug-likeness (QED) is 0.710. The summed E-state index contributed by atoms with van der Waals surface area (Å²) in [6.45, 7) is 5.93. The Labute approximate surface area is 171 Å². The number of rotatable bonds is 2. The van der Waals surface area contributed by atoms with Gasteiger partial charge in [-0.2, -0.15) is 0 Å². The van der Waals surface area contributed by atoms with Gasteiger partial charge < -0.3 is 10.2 Å². The van der Waals surface area contributed by atoms with Crippen molar-refractivity contribution in [2.75, 3.05) is 26.2 Å². The molecule has 1 N–H and O–H groups in total. The van der Waals surface area contributed by atoms with Crippen molar-refractivity contribution in [3.63, 3.8) is 0 Å². The van der Waals surface area contributed by atoms with Crippen LogP contribution in [0.3, 0.4) is 0 Å². The zero-order chi connectivity index (χ0) is 19.8. The minimum atomic E-state index is 0.167. The van der Waals surface area contributed by atoms with E-state index in [9.17, 15) is 4.79 Å². The van der Waals surface area contributed by atoms with Crippen LogP contribution in [0.15, 0.2) is 54.9 Å². The second-order valence-corrected chi connectivity index (χ2v) is 8.75. The molecule has 1 atom stereocenters. The van der Waals surface area contributed by atoms with E-state index in [1.165, 1.54) is 12.8 Å². The molecule has 4 nitrogen and oxygen atoms in total. The smallest absolute Gasteiger partial charge is 0.253 e. The van der Waals surface area contributed by atoms with Crippen LogP contribution in [-0.2, 0) is 0 Å². The Morgan fingerprint density at radius 2 is 2.07 bits per heavy atom. The average Bonchev–Trinajstić information content (AvgIpc) is 3.19. The molecule has 3 aromatic rings. The van der Waals surface area contributed by atoms with Crippen molar-refractivity contribution in [3.8, 4) is 11.1 Å². The van der Waals surface area contributed by atoms with Crippen LogP contribution in [0.25, 0.3) is 21.9 Å². The Balaban J connectivity index is 1.46. The fourth-order valence-corrected chi connectivity index (χ4v) is 5.08. The van der Waals surface area contributed by atoms with Crippen LogP contribution < -0.4 is 5.32 Å². The topological polar surface area (TPSA) is 45.2 Å². The number of pyridine rings is 1. The predicted molar refractivity (Wildman–Crippen MR) is 117 cm³/mol. The van der Waals surface area contributed by atoms with Gasteiger partial charge in [0.1, 0.15) is 0 Å². The molecular formula is C25H27N3O. The van der Waals surface area contributed by atoms with Crippen molar-refractivity contribution in [2.24, 2.45) is 5.41 Å². The van der Waals surface area contributed by atoms with Crippen molar-refractivity contribution in [1.29, 1.82) is 0 Å². The molecule has 148 valence electrons. The number of likely N-dealkylation sites (tertiary alicyclic amines) is 1. The summed E-state index contributed by atoms with van der Waals surface area (Å²) in [6.07, 6.45) is 7.30. The third kappa shape index (κ3) is 3.42. The highest BCUT2D eigenvalue weighted by molar-refractivity contribution is 6.02. The Bertz CT molecular complexity index is 1070. The molecule has 2 aliphatic rings. The molecule has 1 spiro atoms. The second kappa shape index (κ2) is 7.27. The lowest BCUT2D eigenvalue weighted by molar-refractivity contribution is 0.0553. The second-order valence-electron chi connectivity index (χ2n) is 8.75. The van der Waals surface area contributed by atoms with Crippen molar-refractivity contribution in [2.45, 2.75) is 26.2 Å². The Kier molecular flexibility index (Phi) is 4.59. The van der Waals surface area contributed by atoms with E-state index in [0.29, 0.717) is 0 Å². The molecule has 4 heteroatoms. The van der Waals surface area contributed by atoms with Crippen LogP contribution in [0.5, 0.6) is 0 Å². The molecule has 1 amide bonds. The maximum atomic E-state index is 13.3. The molecule has 1 aromatic heterocycles. The van der Waals surface area contributed by atoms with Crippen LogP contribution in [0.4, 0.5) is 0 Å². The van der Waals surface area contributed by atoms with E-state index in [0.717, 1.165) is 65.6 Å². The molecule has 2 saturated heterocycles. The Hall–Kier alpha value is -2.72. The first-order chi connectivity index (χ1) is 14.1. The predicted octanol–water partition coefficient (Wildman–Crippen LogP) is 4.43. The zero-order valence-corrected chi connectivity index (χ0v) is 16.9. The number of aryl methyl sites for hydroxylation is 1.